The first-order chi connectivity index (χ1) is 10.8. The average molecular weight is 465 g/mol. The van der Waals surface area contributed by atoms with Crippen LogP contribution in [0.3, 0.4) is 0 Å². The Morgan fingerprint density at radius 1 is 1.21 bits per heavy atom. The standard InChI is InChI=1S/C12H12IN5O4S.CH4/c1-7-14-10(17-12(15-7)22-2)16-11(19)18-23(20,21)9-6-4-3-5-8(9)13;/h3-6H,1-2H3,(H2,14,15,16,17,18,19);1H4. The van der Waals surface area contributed by atoms with Crippen LogP contribution in [0.25, 0.3) is 0 Å². The summed E-state index contributed by atoms with van der Waals surface area (Å²) in [5, 5.41) is 2.23. The predicted molar refractivity (Wildman–Crippen MR) is 96.3 cm³/mol. The smallest absolute Gasteiger partial charge is 0.335 e. The van der Waals surface area contributed by atoms with Crippen molar-refractivity contribution in [3.63, 3.8) is 0 Å². The van der Waals surface area contributed by atoms with E-state index in [1.54, 1.807) is 25.1 Å². The quantitative estimate of drug-likeness (QED) is 0.662. The first kappa shape index (κ1) is 20.0. The molecule has 130 valence electrons. The summed E-state index contributed by atoms with van der Waals surface area (Å²) in [5.74, 6) is 0.192. The number of nitrogens with one attached hydrogen (secondary N) is 2. The Kier molecular flexibility index (Phi) is 6.83. The minimum atomic E-state index is -4.01. The van der Waals surface area contributed by atoms with Crippen molar-refractivity contribution in [2.45, 2.75) is 19.2 Å². The van der Waals surface area contributed by atoms with Gasteiger partial charge in [-0.05, 0) is 41.6 Å². The van der Waals surface area contributed by atoms with Crippen molar-refractivity contribution in [3.05, 3.63) is 33.7 Å². The van der Waals surface area contributed by atoms with Gasteiger partial charge in [0.05, 0.1) is 7.11 Å². The van der Waals surface area contributed by atoms with E-state index in [4.69, 9.17) is 4.74 Å². The van der Waals surface area contributed by atoms with Crippen molar-refractivity contribution in [1.29, 1.82) is 0 Å². The molecule has 0 saturated heterocycles. The molecule has 0 aliphatic rings. The zero-order chi connectivity index (χ0) is 17.0. The topological polar surface area (TPSA) is 123 Å². The minimum absolute atomic E-state index is 0. The number of carbonyl (C=O) groups is 1. The third-order valence-electron chi connectivity index (χ3n) is 2.49. The number of hydrogen-bond donors (Lipinski definition) is 2. The lowest BCUT2D eigenvalue weighted by molar-refractivity contribution is 0.256. The molecule has 0 unspecified atom stereocenters. The molecular weight excluding hydrogens is 449 g/mol. The Morgan fingerprint density at radius 2 is 1.88 bits per heavy atom. The van der Waals surface area contributed by atoms with Gasteiger partial charge in [0, 0.05) is 3.57 Å². The van der Waals surface area contributed by atoms with Crippen molar-refractivity contribution in [1.82, 2.24) is 19.7 Å². The van der Waals surface area contributed by atoms with Gasteiger partial charge in [-0.3, -0.25) is 5.32 Å². The van der Waals surface area contributed by atoms with Crippen LogP contribution in [0.5, 0.6) is 6.01 Å². The number of ether oxygens (including phenoxy) is 1. The van der Waals surface area contributed by atoms with Crippen LogP contribution in [-0.4, -0.2) is 36.5 Å². The number of hydrogen-bond acceptors (Lipinski definition) is 7. The average Bonchev–Trinajstić information content (AvgIpc) is 2.46. The largest absolute Gasteiger partial charge is 0.467 e. The number of benzene rings is 1. The maximum Gasteiger partial charge on any atom is 0.335 e. The van der Waals surface area contributed by atoms with E-state index in [9.17, 15) is 13.2 Å². The van der Waals surface area contributed by atoms with Crippen LogP contribution in [-0.2, 0) is 10.0 Å². The number of carbonyl (C=O) groups excluding carboxylic acids is 1. The van der Waals surface area contributed by atoms with Gasteiger partial charge in [0.15, 0.2) is 0 Å². The number of urea groups is 1. The number of methoxy groups -OCH3 is 1. The number of nitrogens with zero attached hydrogens (tertiary/aromatic N) is 3. The molecule has 2 N–H and O–H groups in total. The maximum atomic E-state index is 12.2. The molecule has 2 rings (SSSR count). The zero-order valence-corrected chi connectivity index (χ0v) is 15.0. The molecule has 0 atom stereocenters. The molecule has 0 aliphatic heterocycles. The highest BCUT2D eigenvalue weighted by Gasteiger charge is 2.20. The summed E-state index contributed by atoms with van der Waals surface area (Å²) < 4.78 is 31.6. The fourth-order valence-electron chi connectivity index (χ4n) is 1.57. The Bertz CT molecular complexity index is 844. The SMILES string of the molecule is C.COc1nc(C)nc(NC(=O)NS(=O)(=O)c2ccccc2I)n1. The van der Waals surface area contributed by atoms with Crippen LogP contribution >= 0.6 is 22.6 Å². The first-order valence-electron chi connectivity index (χ1n) is 6.17. The van der Waals surface area contributed by atoms with Gasteiger partial charge in [-0.2, -0.15) is 15.0 Å². The van der Waals surface area contributed by atoms with Gasteiger partial charge in [0.2, 0.25) is 5.95 Å². The maximum absolute atomic E-state index is 12.2. The molecule has 0 bridgehead atoms. The number of sulfonamides is 1. The van der Waals surface area contributed by atoms with Crippen LogP contribution < -0.4 is 14.8 Å². The van der Waals surface area contributed by atoms with E-state index >= 15 is 0 Å². The summed E-state index contributed by atoms with van der Waals surface area (Å²) in [5.41, 5.74) is 0. The second-order valence-electron chi connectivity index (χ2n) is 4.18. The van der Waals surface area contributed by atoms with Crippen LogP contribution in [0.1, 0.15) is 13.3 Å². The predicted octanol–water partition coefficient (Wildman–Crippen LogP) is 1.94. The van der Waals surface area contributed by atoms with E-state index in [1.807, 2.05) is 27.3 Å². The number of amides is 2. The van der Waals surface area contributed by atoms with Crippen molar-refractivity contribution in [3.8, 4) is 6.01 Å². The van der Waals surface area contributed by atoms with Crippen LogP contribution in [0.4, 0.5) is 10.7 Å². The highest BCUT2D eigenvalue weighted by atomic mass is 127. The van der Waals surface area contributed by atoms with E-state index in [1.165, 1.54) is 13.2 Å². The molecule has 11 heteroatoms. The first-order valence-corrected chi connectivity index (χ1v) is 8.73. The lowest BCUT2D eigenvalue weighted by Gasteiger charge is -2.09. The molecule has 1 heterocycles. The Balaban J connectivity index is 0.00000288. The van der Waals surface area contributed by atoms with Gasteiger partial charge in [0.25, 0.3) is 10.0 Å². The molecule has 0 aliphatic carbocycles. The summed E-state index contributed by atoms with van der Waals surface area (Å²) in [4.78, 5) is 23.4. The second-order valence-corrected chi connectivity index (χ2v) is 7.00. The van der Waals surface area contributed by atoms with Crippen molar-refractivity contribution in [2.24, 2.45) is 0 Å². The third kappa shape index (κ3) is 4.99. The number of rotatable bonds is 4. The van der Waals surface area contributed by atoms with E-state index in [0.29, 0.717) is 9.39 Å². The number of aryl methyl sites for hydroxylation is 1. The molecule has 9 nitrogen and oxygen atoms in total. The summed E-state index contributed by atoms with van der Waals surface area (Å²) in [7, 11) is -2.65. The highest BCUT2D eigenvalue weighted by Crippen LogP contribution is 2.17. The molecule has 0 saturated carbocycles. The second kappa shape index (κ2) is 8.19. The van der Waals surface area contributed by atoms with Crippen molar-refractivity contribution >= 4 is 44.6 Å². The normalized spacial score (nSPS) is 10.5. The molecule has 2 aromatic rings. The molecule has 24 heavy (non-hydrogen) atoms. The molecule has 1 aromatic heterocycles. The van der Waals surface area contributed by atoms with Gasteiger partial charge in [-0.15, -0.1) is 0 Å². The van der Waals surface area contributed by atoms with Gasteiger partial charge >= 0.3 is 12.0 Å². The molecule has 0 radical (unpaired) electrons. The lowest BCUT2D eigenvalue weighted by Crippen LogP contribution is -2.35. The third-order valence-corrected chi connectivity index (χ3v) is 5.18. The molecule has 1 aromatic carbocycles. The minimum Gasteiger partial charge on any atom is -0.467 e. The highest BCUT2D eigenvalue weighted by molar-refractivity contribution is 14.1. The summed E-state index contributed by atoms with van der Waals surface area (Å²) in [6.45, 7) is 1.58. The molecule has 0 fully saturated rings. The summed E-state index contributed by atoms with van der Waals surface area (Å²) >= 11 is 1.87. The van der Waals surface area contributed by atoms with E-state index < -0.39 is 16.1 Å². The molecular formula is C13H16IN5O4S. The fourth-order valence-corrected chi connectivity index (χ4v) is 3.82. The molecule has 0 spiro atoms. The van der Waals surface area contributed by atoms with Crippen molar-refractivity contribution in [2.75, 3.05) is 12.4 Å². The Labute approximate surface area is 153 Å². The number of anilines is 1. The zero-order valence-electron chi connectivity index (χ0n) is 12.1. The summed E-state index contributed by atoms with van der Waals surface area (Å²) in [6.07, 6.45) is 0. The van der Waals surface area contributed by atoms with Crippen LogP contribution in [0, 0.1) is 10.5 Å². The van der Waals surface area contributed by atoms with Crippen LogP contribution in [0.2, 0.25) is 0 Å². The monoisotopic (exact) mass is 465 g/mol. The lowest BCUT2D eigenvalue weighted by atomic mass is 10.4. The van der Waals surface area contributed by atoms with Gasteiger partial charge in [0.1, 0.15) is 10.7 Å². The number of halogens is 1. The molecule has 2 amide bonds. The summed E-state index contributed by atoms with van der Waals surface area (Å²) in [6, 6.07) is 5.29. The number of aromatic nitrogens is 3. The van der Waals surface area contributed by atoms with Gasteiger partial charge in [-0.25, -0.2) is 17.9 Å². The van der Waals surface area contributed by atoms with Crippen molar-refractivity contribution < 1.29 is 17.9 Å². The Morgan fingerprint density at radius 3 is 2.50 bits per heavy atom. The van der Waals surface area contributed by atoms with Gasteiger partial charge < -0.3 is 4.74 Å². The van der Waals surface area contributed by atoms with E-state index in [-0.39, 0.29) is 24.3 Å². The van der Waals surface area contributed by atoms with Crippen LogP contribution in [0.15, 0.2) is 29.2 Å². The fraction of sp³-hybridized carbons (Fsp3) is 0.231. The van der Waals surface area contributed by atoms with E-state index in [0.717, 1.165) is 0 Å². The van der Waals surface area contributed by atoms with E-state index in [2.05, 4.69) is 20.3 Å². The Hall–Kier alpha value is -2.02. The van der Waals surface area contributed by atoms with Gasteiger partial charge in [-0.1, -0.05) is 19.6 Å².